The lowest BCUT2D eigenvalue weighted by molar-refractivity contribution is 0.0713. The first-order valence-electron chi connectivity index (χ1n) is 6.79. The van der Waals surface area contributed by atoms with E-state index in [0.717, 1.165) is 44.8 Å². The molecule has 0 bridgehead atoms. The zero-order valence-corrected chi connectivity index (χ0v) is 11.1. The van der Waals surface area contributed by atoms with Gasteiger partial charge in [0.25, 0.3) is 0 Å². The molecule has 4 nitrogen and oxygen atoms in total. The van der Waals surface area contributed by atoms with Gasteiger partial charge in [0.05, 0.1) is 13.2 Å². The van der Waals surface area contributed by atoms with Crippen molar-refractivity contribution in [3.63, 3.8) is 0 Å². The Morgan fingerprint density at radius 2 is 2.50 bits per heavy atom. The Morgan fingerprint density at radius 3 is 3.22 bits per heavy atom. The number of hydrogen-bond acceptors (Lipinski definition) is 4. The topological polar surface area (TPSA) is 46.2 Å². The molecule has 2 unspecified atom stereocenters. The second kappa shape index (κ2) is 7.46. The van der Waals surface area contributed by atoms with E-state index in [4.69, 9.17) is 4.74 Å². The van der Waals surface area contributed by atoms with Crippen LogP contribution in [-0.4, -0.2) is 43.4 Å². The highest BCUT2D eigenvalue weighted by Crippen LogP contribution is 2.02. The van der Waals surface area contributed by atoms with Crippen molar-refractivity contribution < 1.29 is 4.74 Å². The van der Waals surface area contributed by atoms with Crippen LogP contribution in [0, 0.1) is 0 Å². The molecule has 18 heavy (non-hydrogen) atoms. The number of hydrogen-bond donors (Lipinski definition) is 2. The molecule has 0 aromatic carbocycles. The maximum atomic E-state index is 5.46. The van der Waals surface area contributed by atoms with E-state index in [1.807, 2.05) is 18.3 Å². The van der Waals surface area contributed by atoms with Crippen molar-refractivity contribution in [3.05, 3.63) is 30.1 Å². The van der Waals surface area contributed by atoms with Gasteiger partial charge in [0, 0.05) is 43.5 Å². The SMILES string of the molecule is CC(CC1COCCN1)NCCc1ccccn1. The number of rotatable bonds is 6. The molecule has 1 aliphatic rings. The molecule has 2 atom stereocenters. The zero-order chi connectivity index (χ0) is 12.6. The van der Waals surface area contributed by atoms with Gasteiger partial charge < -0.3 is 15.4 Å². The van der Waals surface area contributed by atoms with Gasteiger partial charge in [0.1, 0.15) is 0 Å². The van der Waals surface area contributed by atoms with E-state index in [2.05, 4.69) is 28.6 Å². The van der Waals surface area contributed by atoms with Gasteiger partial charge in [0.2, 0.25) is 0 Å². The average molecular weight is 249 g/mol. The van der Waals surface area contributed by atoms with Crippen molar-refractivity contribution in [3.8, 4) is 0 Å². The molecule has 1 aromatic rings. The fraction of sp³-hybridized carbons (Fsp3) is 0.643. The molecule has 0 aliphatic carbocycles. The maximum absolute atomic E-state index is 5.46. The summed E-state index contributed by atoms with van der Waals surface area (Å²) in [5, 5.41) is 7.02. The maximum Gasteiger partial charge on any atom is 0.0620 e. The van der Waals surface area contributed by atoms with Crippen LogP contribution in [0.4, 0.5) is 0 Å². The molecular formula is C14H23N3O. The molecule has 0 radical (unpaired) electrons. The van der Waals surface area contributed by atoms with Crippen molar-refractivity contribution in [2.24, 2.45) is 0 Å². The van der Waals surface area contributed by atoms with Gasteiger partial charge in [0.15, 0.2) is 0 Å². The quantitative estimate of drug-likeness (QED) is 0.789. The molecular weight excluding hydrogens is 226 g/mol. The number of nitrogens with one attached hydrogen (secondary N) is 2. The smallest absolute Gasteiger partial charge is 0.0620 e. The number of nitrogens with zero attached hydrogens (tertiary/aromatic N) is 1. The van der Waals surface area contributed by atoms with Crippen molar-refractivity contribution >= 4 is 0 Å². The highest BCUT2D eigenvalue weighted by molar-refractivity contribution is 5.03. The Hall–Kier alpha value is -0.970. The monoisotopic (exact) mass is 249 g/mol. The summed E-state index contributed by atoms with van der Waals surface area (Å²) in [4.78, 5) is 4.32. The van der Waals surface area contributed by atoms with Gasteiger partial charge in [-0.05, 0) is 25.5 Å². The third-order valence-electron chi connectivity index (χ3n) is 3.24. The van der Waals surface area contributed by atoms with E-state index >= 15 is 0 Å². The van der Waals surface area contributed by atoms with E-state index < -0.39 is 0 Å². The molecule has 2 rings (SSSR count). The molecule has 2 heterocycles. The Kier molecular flexibility index (Phi) is 5.58. The molecule has 0 spiro atoms. The highest BCUT2D eigenvalue weighted by Gasteiger charge is 2.15. The number of aromatic nitrogens is 1. The van der Waals surface area contributed by atoms with E-state index in [0.29, 0.717) is 12.1 Å². The first-order chi connectivity index (χ1) is 8.84. The summed E-state index contributed by atoms with van der Waals surface area (Å²) < 4.78 is 5.46. The minimum Gasteiger partial charge on any atom is -0.379 e. The second-order valence-corrected chi connectivity index (χ2v) is 4.89. The summed E-state index contributed by atoms with van der Waals surface area (Å²) in [6.45, 7) is 5.87. The number of pyridine rings is 1. The summed E-state index contributed by atoms with van der Waals surface area (Å²) in [5.41, 5.74) is 1.15. The summed E-state index contributed by atoms with van der Waals surface area (Å²) in [6.07, 6.45) is 3.95. The first-order valence-corrected chi connectivity index (χ1v) is 6.79. The minimum absolute atomic E-state index is 0.496. The van der Waals surface area contributed by atoms with Gasteiger partial charge in [-0.1, -0.05) is 6.07 Å². The summed E-state index contributed by atoms with van der Waals surface area (Å²) in [6, 6.07) is 7.07. The Bertz CT molecular complexity index is 325. The number of morpholine rings is 1. The van der Waals surface area contributed by atoms with Gasteiger partial charge in [-0.15, -0.1) is 0 Å². The Labute approximate surface area is 109 Å². The van der Waals surface area contributed by atoms with Crippen LogP contribution in [0.25, 0.3) is 0 Å². The molecule has 100 valence electrons. The Balaban J connectivity index is 1.61. The molecule has 1 fully saturated rings. The first kappa shape index (κ1) is 13.5. The van der Waals surface area contributed by atoms with Crippen LogP contribution in [0.5, 0.6) is 0 Å². The molecule has 1 saturated heterocycles. The lowest BCUT2D eigenvalue weighted by Crippen LogP contribution is -2.45. The normalized spacial score (nSPS) is 21.7. The fourth-order valence-corrected chi connectivity index (χ4v) is 2.27. The van der Waals surface area contributed by atoms with Gasteiger partial charge >= 0.3 is 0 Å². The van der Waals surface area contributed by atoms with Crippen LogP contribution in [0.15, 0.2) is 24.4 Å². The van der Waals surface area contributed by atoms with Crippen molar-refractivity contribution in [2.75, 3.05) is 26.3 Å². The standard InChI is InChI=1S/C14H23N3O/c1-12(10-14-11-18-9-8-17-14)15-7-5-13-4-2-3-6-16-13/h2-4,6,12,14-15,17H,5,7-11H2,1H3. The van der Waals surface area contributed by atoms with Crippen molar-refractivity contribution in [1.82, 2.24) is 15.6 Å². The zero-order valence-electron chi connectivity index (χ0n) is 11.1. The van der Waals surface area contributed by atoms with E-state index in [9.17, 15) is 0 Å². The third kappa shape index (κ3) is 4.72. The molecule has 0 amide bonds. The largest absolute Gasteiger partial charge is 0.379 e. The third-order valence-corrected chi connectivity index (χ3v) is 3.24. The predicted molar refractivity (Wildman–Crippen MR) is 72.6 cm³/mol. The lowest BCUT2D eigenvalue weighted by Gasteiger charge is -2.26. The van der Waals surface area contributed by atoms with Crippen molar-refractivity contribution in [1.29, 1.82) is 0 Å². The minimum atomic E-state index is 0.496. The summed E-state index contributed by atoms with van der Waals surface area (Å²) >= 11 is 0. The van der Waals surface area contributed by atoms with Crippen LogP contribution in [0.2, 0.25) is 0 Å². The van der Waals surface area contributed by atoms with E-state index in [-0.39, 0.29) is 0 Å². The highest BCUT2D eigenvalue weighted by atomic mass is 16.5. The van der Waals surface area contributed by atoms with Gasteiger partial charge in [-0.3, -0.25) is 4.98 Å². The second-order valence-electron chi connectivity index (χ2n) is 4.89. The fourth-order valence-electron chi connectivity index (χ4n) is 2.27. The van der Waals surface area contributed by atoms with Crippen LogP contribution >= 0.6 is 0 Å². The van der Waals surface area contributed by atoms with Gasteiger partial charge in [-0.2, -0.15) is 0 Å². The van der Waals surface area contributed by atoms with Crippen LogP contribution in [0.1, 0.15) is 19.0 Å². The van der Waals surface area contributed by atoms with Crippen LogP contribution in [-0.2, 0) is 11.2 Å². The van der Waals surface area contributed by atoms with Crippen molar-refractivity contribution in [2.45, 2.75) is 31.8 Å². The van der Waals surface area contributed by atoms with E-state index in [1.54, 1.807) is 0 Å². The average Bonchev–Trinajstić information content (AvgIpc) is 2.41. The molecule has 0 saturated carbocycles. The molecule has 2 N–H and O–H groups in total. The van der Waals surface area contributed by atoms with Crippen LogP contribution in [0.3, 0.4) is 0 Å². The Morgan fingerprint density at radius 1 is 1.56 bits per heavy atom. The van der Waals surface area contributed by atoms with E-state index in [1.165, 1.54) is 0 Å². The van der Waals surface area contributed by atoms with Gasteiger partial charge in [-0.25, -0.2) is 0 Å². The molecule has 1 aliphatic heterocycles. The van der Waals surface area contributed by atoms with Crippen LogP contribution < -0.4 is 10.6 Å². The lowest BCUT2D eigenvalue weighted by atomic mass is 10.1. The molecule has 4 heteroatoms. The predicted octanol–water partition coefficient (Wildman–Crippen LogP) is 0.981. The summed E-state index contributed by atoms with van der Waals surface area (Å²) in [5.74, 6) is 0. The summed E-state index contributed by atoms with van der Waals surface area (Å²) in [7, 11) is 0. The molecule has 1 aromatic heterocycles. The number of ether oxygens (including phenoxy) is 1.